The molecular formula is C17H24N2O. The van der Waals surface area contributed by atoms with Crippen LogP contribution in [0.1, 0.15) is 37.7 Å². The fourth-order valence-corrected chi connectivity index (χ4v) is 4.28. The Morgan fingerprint density at radius 2 is 2.15 bits per heavy atom. The lowest BCUT2D eigenvalue weighted by atomic mass is 9.85. The van der Waals surface area contributed by atoms with Gasteiger partial charge in [-0.25, -0.2) is 0 Å². The Kier molecular flexibility index (Phi) is 3.31. The van der Waals surface area contributed by atoms with Crippen molar-refractivity contribution >= 4 is 5.69 Å². The summed E-state index contributed by atoms with van der Waals surface area (Å²) < 4.78 is 5.91. The zero-order valence-electron chi connectivity index (χ0n) is 12.1. The number of rotatable bonds is 2. The summed E-state index contributed by atoms with van der Waals surface area (Å²) in [7, 11) is 0. The van der Waals surface area contributed by atoms with Crippen LogP contribution in [0.5, 0.6) is 5.75 Å². The first-order valence-corrected chi connectivity index (χ1v) is 8.14. The predicted molar refractivity (Wildman–Crippen MR) is 81.2 cm³/mol. The van der Waals surface area contributed by atoms with Crippen LogP contribution in [0.3, 0.4) is 0 Å². The molecule has 0 radical (unpaired) electrons. The van der Waals surface area contributed by atoms with Crippen LogP contribution in [0.2, 0.25) is 0 Å². The van der Waals surface area contributed by atoms with Crippen molar-refractivity contribution in [2.24, 2.45) is 5.92 Å². The van der Waals surface area contributed by atoms with E-state index in [9.17, 15) is 0 Å². The van der Waals surface area contributed by atoms with E-state index in [0.29, 0.717) is 0 Å². The minimum absolute atomic E-state index is 0.788. The molecule has 1 aromatic rings. The van der Waals surface area contributed by atoms with Gasteiger partial charge < -0.3 is 10.1 Å². The predicted octanol–water partition coefficient (Wildman–Crippen LogP) is 3.26. The largest absolute Gasteiger partial charge is 0.489 e. The van der Waals surface area contributed by atoms with Crippen LogP contribution in [0.25, 0.3) is 0 Å². The van der Waals surface area contributed by atoms with Crippen LogP contribution in [0.4, 0.5) is 5.69 Å². The number of nitrogens with one attached hydrogen (secondary N) is 1. The molecule has 2 fully saturated rings. The van der Waals surface area contributed by atoms with E-state index in [-0.39, 0.29) is 0 Å². The number of likely N-dealkylation sites (tertiary alicyclic amines) is 1. The molecule has 1 N–H and O–H groups in total. The summed E-state index contributed by atoms with van der Waals surface area (Å²) in [6.07, 6.45) is 7.12. The van der Waals surface area contributed by atoms with Crippen molar-refractivity contribution in [1.82, 2.24) is 4.90 Å². The minimum Gasteiger partial charge on any atom is -0.489 e. The van der Waals surface area contributed by atoms with Crippen molar-refractivity contribution in [3.8, 4) is 5.75 Å². The van der Waals surface area contributed by atoms with Crippen molar-refractivity contribution in [3.63, 3.8) is 0 Å². The van der Waals surface area contributed by atoms with Gasteiger partial charge >= 0.3 is 0 Å². The molecule has 108 valence electrons. The molecule has 3 nitrogen and oxygen atoms in total. The van der Waals surface area contributed by atoms with Crippen molar-refractivity contribution < 1.29 is 4.74 Å². The Bertz CT molecular complexity index is 488. The number of nitrogens with zero attached hydrogens (tertiary/aromatic N) is 1. The second-order valence-electron chi connectivity index (χ2n) is 6.44. The van der Waals surface area contributed by atoms with E-state index in [1.54, 1.807) is 0 Å². The standard InChI is InChI=1S/C17H24N2O/c1-2-7-16-13(4-1)8-10-19(16)12-14-5-3-6-15-17(14)20-11-9-18-15/h3,5-6,13,16,18H,1-2,4,7-12H2. The number of hydrogen-bond acceptors (Lipinski definition) is 3. The van der Waals surface area contributed by atoms with Gasteiger partial charge in [-0.15, -0.1) is 0 Å². The molecule has 3 aliphatic rings. The van der Waals surface area contributed by atoms with E-state index in [4.69, 9.17) is 4.74 Å². The van der Waals surface area contributed by atoms with E-state index >= 15 is 0 Å². The molecule has 0 amide bonds. The molecule has 1 saturated carbocycles. The smallest absolute Gasteiger partial charge is 0.146 e. The molecule has 4 rings (SSSR count). The maximum absolute atomic E-state index is 5.91. The van der Waals surface area contributed by atoms with Crippen molar-refractivity contribution in [2.75, 3.05) is 25.0 Å². The molecule has 2 aliphatic heterocycles. The number of para-hydroxylation sites is 1. The quantitative estimate of drug-likeness (QED) is 0.894. The second-order valence-corrected chi connectivity index (χ2v) is 6.44. The van der Waals surface area contributed by atoms with Crippen LogP contribution < -0.4 is 10.1 Å². The molecule has 0 spiro atoms. The van der Waals surface area contributed by atoms with Gasteiger partial charge in [0.1, 0.15) is 12.4 Å². The fraction of sp³-hybridized carbons (Fsp3) is 0.647. The van der Waals surface area contributed by atoms with Gasteiger partial charge in [-0.2, -0.15) is 0 Å². The molecule has 2 atom stereocenters. The Labute approximate surface area is 121 Å². The summed E-state index contributed by atoms with van der Waals surface area (Å²) in [4.78, 5) is 2.71. The molecule has 1 saturated heterocycles. The Balaban J connectivity index is 1.54. The average Bonchev–Trinajstić information content (AvgIpc) is 2.91. The van der Waals surface area contributed by atoms with E-state index in [2.05, 4.69) is 28.4 Å². The summed E-state index contributed by atoms with van der Waals surface area (Å²) in [5.41, 5.74) is 2.54. The lowest BCUT2D eigenvalue weighted by Gasteiger charge is -2.32. The van der Waals surface area contributed by atoms with Gasteiger partial charge in [0.25, 0.3) is 0 Å². The normalized spacial score (nSPS) is 29.2. The fourth-order valence-electron chi connectivity index (χ4n) is 4.28. The second kappa shape index (κ2) is 5.28. The van der Waals surface area contributed by atoms with Crippen molar-refractivity contribution in [3.05, 3.63) is 23.8 Å². The summed E-state index contributed by atoms with van der Waals surface area (Å²) >= 11 is 0. The molecular weight excluding hydrogens is 248 g/mol. The summed E-state index contributed by atoms with van der Waals surface area (Å²) in [6.45, 7) is 4.04. The number of hydrogen-bond donors (Lipinski definition) is 1. The maximum Gasteiger partial charge on any atom is 0.146 e. The molecule has 0 bridgehead atoms. The molecule has 2 heterocycles. The van der Waals surface area contributed by atoms with E-state index in [0.717, 1.165) is 37.4 Å². The Hall–Kier alpha value is -1.22. The molecule has 1 aromatic carbocycles. The van der Waals surface area contributed by atoms with E-state index < -0.39 is 0 Å². The Morgan fingerprint density at radius 1 is 1.20 bits per heavy atom. The first-order chi connectivity index (χ1) is 9.92. The van der Waals surface area contributed by atoms with Gasteiger partial charge in [0.05, 0.1) is 5.69 Å². The SMILES string of the molecule is c1cc(CN2CCC3CCCCC32)c2c(c1)NCCO2. The third-order valence-corrected chi connectivity index (χ3v) is 5.26. The first-order valence-electron chi connectivity index (χ1n) is 8.14. The van der Waals surface area contributed by atoms with Gasteiger partial charge in [-0.05, 0) is 37.8 Å². The molecule has 2 unspecified atom stereocenters. The summed E-state index contributed by atoms with van der Waals surface area (Å²) in [6, 6.07) is 7.36. The third kappa shape index (κ3) is 2.18. The number of ether oxygens (including phenoxy) is 1. The van der Waals surface area contributed by atoms with Gasteiger partial charge in [-0.3, -0.25) is 4.90 Å². The lowest BCUT2D eigenvalue weighted by Crippen LogP contribution is -2.34. The highest BCUT2D eigenvalue weighted by atomic mass is 16.5. The zero-order chi connectivity index (χ0) is 13.4. The van der Waals surface area contributed by atoms with Gasteiger partial charge in [0.15, 0.2) is 0 Å². The highest BCUT2D eigenvalue weighted by Gasteiger charge is 2.35. The molecule has 3 heteroatoms. The highest BCUT2D eigenvalue weighted by Crippen LogP contribution is 2.39. The van der Waals surface area contributed by atoms with E-state index in [1.165, 1.54) is 49.9 Å². The Morgan fingerprint density at radius 3 is 3.15 bits per heavy atom. The van der Waals surface area contributed by atoms with Crippen LogP contribution >= 0.6 is 0 Å². The van der Waals surface area contributed by atoms with Crippen molar-refractivity contribution in [1.29, 1.82) is 0 Å². The van der Waals surface area contributed by atoms with Gasteiger partial charge in [-0.1, -0.05) is 25.0 Å². The molecule has 1 aliphatic carbocycles. The van der Waals surface area contributed by atoms with Crippen LogP contribution in [0, 0.1) is 5.92 Å². The van der Waals surface area contributed by atoms with E-state index in [1.807, 2.05) is 0 Å². The van der Waals surface area contributed by atoms with Gasteiger partial charge in [0.2, 0.25) is 0 Å². The lowest BCUT2D eigenvalue weighted by molar-refractivity contribution is 0.173. The van der Waals surface area contributed by atoms with Crippen molar-refractivity contribution in [2.45, 2.75) is 44.7 Å². The average molecular weight is 272 g/mol. The van der Waals surface area contributed by atoms with Crippen LogP contribution in [-0.2, 0) is 6.54 Å². The minimum atomic E-state index is 0.788. The number of benzene rings is 1. The highest BCUT2D eigenvalue weighted by molar-refractivity contribution is 5.61. The molecule has 0 aromatic heterocycles. The molecule has 20 heavy (non-hydrogen) atoms. The number of fused-ring (bicyclic) bond motifs is 2. The summed E-state index contributed by atoms with van der Waals surface area (Å²) in [5, 5.41) is 3.44. The zero-order valence-corrected chi connectivity index (χ0v) is 12.1. The topological polar surface area (TPSA) is 24.5 Å². The van der Waals surface area contributed by atoms with Crippen LogP contribution in [0.15, 0.2) is 18.2 Å². The monoisotopic (exact) mass is 272 g/mol. The van der Waals surface area contributed by atoms with Crippen LogP contribution in [-0.4, -0.2) is 30.6 Å². The number of anilines is 1. The summed E-state index contributed by atoms with van der Waals surface area (Å²) in [5.74, 6) is 2.06. The first kappa shape index (κ1) is 12.5. The maximum atomic E-state index is 5.91. The third-order valence-electron chi connectivity index (χ3n) is 5.26. The van der Waals surface area contributed by atoms with Gasteiger partial charge in [0, 0.05) is 24.7 Å².